The van der Waals surface area contributed by atoms with Gasteiger partial charge in [-0.1, -0.05) is 6.92 Å². The Hall–Kier alpha value is -1.78. The lowest BCUT2D eigenvalue weighted by Gasteiger charge is -2.11. The van der Waals surface area contributed by atoms with E-state index in [0.717, 1.165) is 5.56 Å². The summed E-state index contributed by atoms with van der Waals surface area (Å²) in [6, 6.07) is 0.985. The SMILES string of the molecule is CCC(NC(=O)CCc1ccoc1)C(=O)O. The Morgan fingerprint density at radius 3 is 2.81 bits per heavy atom. The van der Waals surface area contributed by atoms with Gasteiger partial charge in [0.15, 0.2) is 0 Å². The monoisotopic (exact) mass is 225 g/mol. The molecular weight excluding hydrogens is 210 g/mol. The molecule has 0 aliphatic rings. The van der Waals surface area contributed by atoms with Crippen molar-refractivity contribution < 1.29 is 19.1 Å². The highest BCUT2D eigenvalue weighted by Crippen LogP contribution is 2.03. The maximum absolute atomic E-state index is 11.4. The number of nitrogens with one attached hydrogen (secondary N) is 1. The molecule has 0 aliphatic heterocycles. The first kappa shape index (κ1) is 12.3. The first-order valence-electron chi connectivity index (χ1n) is 5.16. The van der Waals surface area contributed by atoms with E-state index in [1.54, 1.807) is 25.5 Å². The smallest absolute Gasteiger partial charge is 0.326 e. The van der Waals surface area contributed by atoms with Crippen LogP contribution in [0.3, 0.4) is 0 Å². The highest BCUT2D eigenvalue weighted by atomic mass is 16.4. The number of carboxylic acid groups (broad SMARTS) is 1. The topological polar surface area (TPSA) is 79.5 Å². The Morgan fingerprint density at radius 1 is 1.56 bits per heavy atom. The largest absolute Gasteiger partial charge is 0.480 e. The highest BCUT2D eigenvalue weighted by Gasteiger charge is 2.17. The molecule has 1 heterocycles. The summed E-state index contributed by atoms with van der Waals surface area (Å²) in [4.78, 5) is 22.1. The van der Waals surface area contributed by atoms with Gasteiger partial charge in [-0.25, -0.2) is 4.79 Å². The summed E-state index contributed by atoms with van der Waals surface area (Å²) >= 11 is 0. The van der Waals surface area contributed by atoms with Gasteiger partial charge in [-0.2, -0.15) is 0 Å². The van der Waals surface area contributed by atoms with Gasteiger partial charge >= 0.3 is 5.97 Å². The lowest BCUT2D eigenvalue weighted by atomic mass is 10.1. The molecule has 0 saturated carbocycles. The lowest BCUT2D eigenvalue weighted by Crippen LogP contribution is -2.40. The third-order valence-corrected chi connectivity index (χ3v) is 2.26. The number of carbonyl (C=O) groups excluding carboxylic acids is 1. The number of hydrogen-bond acceptors (Lipinski definition) is 3. The molecule has 0 aliphatic carbocycles. The fourth-order valence-electron chi connectivity index (χ4n) is 1.30. The van der Waals surface area contributed by atoms with Crippen molar-refractivity contribution in [2.24, 2.45) is 0 Å². The van der Waals surface area contributed by atoms with E-state index in [2.05, 4.69) is 5.32 Å². The van der Waals surface area contributed by atoms with Gasteiger partial charge in [-0.05, 0) is 24.5 Å². The molecule has 0 bridgehead atoms. The van der Waals surface area contributed by atoms with E-state index in [1.807, 2.05) is 0 Å². The predicted octanol–water partition coefficient (Wildman–Crippen LogP) is 1.19. The number of carbonyl (C=O) groups is 2. The van der Waals surface area contributed by atoms with E-state index in [9.17, 15) is 9.59 Å². The van der Waals surface area contributed by atoms with E-state index in [4.69, 9.17) is 9.52 Å². The molecule has 0 radical (unpaired) electrons. The summed E-state index contributed by atoms with van der Waals surface area (Å²) in [7, 11) is 0. The van der Waals surface area contributed by atoms with Gasteiger partial charge in [0.25, 0.3) is 0 Å². The van der Waals surface area contributed by atoms with Gasteiger partial charge in [0.2, 0.25) is 5.91 Å². The summed E-state index contributed by atoms with van der Waals surface area (Å²) in [5.74, 6) is -1.25. The third-order valence-electron chi connectivity index (χ3n) is 2.26. The second kappa shape index (κ2) is 5.95. The summed E-state index contributed by atoms with van der Waals surface area (Å²) in [6.45, 7) is 1.72. The number of amides is 1. The van der Waals surface area contributed by atoms with Crippen LogP contribution in [0.4, 0.5) is 0 Å². The first-order valence-corrected chi connectivity index (χ1v) is 5.16. The number of aryl methyl sites for hydroxylation is 1. The van der Waals surface area contributed by atoms with E-state index in [-0.39, 0.29) is 12.3 Å². The Morgan fingerprint density at radius 2 is 2.31 bits per heavy atom. The molecule has 0 aromatic carbocycles. The van der Waals surface area contributed by atoms with Crippen molar-refractivity contribution >= 4 is 11.9 Å². The quantitative estimate of drug-likeness (QED) is 0.762. The minimum absolute atomic E-state index is 0.254. The van der Waals surface area contributed by atoms with Crippen LogP contribution in [0.1, 0.15) is 25.3 Å². The lowest BCUT2D eigenvalue weighted by molar-refractivity contribution is -0.141. The second-order valence-corrected chi connectivity index (χ2v) is 3.50. The van der Waals surface area contributed by atoms with Gasteiger partial charge in [0.1, 0.15) is 6.04 Å². The van der Waals surface area contributed by atoms with E-state index in [0.29, 0.717) is 12.8 Å². The zero-order valence-electron chi connectivity index (χ0n) is 9.10. The van der Waals surface area contributed by atoms with Gasteiger partial charge in [0.05, 0.1) is 12.5 Å². The second-order valence-electron chi connectivity index (χ2n) is 3.50. The van der Waals surface area contributed by atoms with Crippen molar-refractivity contribution in [3.05, 3.63) is 24.2 Å². The summed E-state index contributed by atoms with van der Waals surface area (Å²) in [5.41, 5.74) is 0.929. The minimum atomic E-state index is -1.00. The van der Waals surface area contributed by atoms with Crippen LogP contribution in [0.25, 0.3) is 0 Å². The Labute approximate surface area is 93.4 Å². The van der Waals surface area contributed by atoms with Crippen molar-refractivity contribution in [2.45, 2.75) is 32.2 Å². The molecule has 88 valence electrons. The van der Waals surface area contributed by atoms with E-state index < -0.39 is 12.0 Å². The third kappa shape index (κ3) is 3.76. The summed E-state index contributed by atoms with van der Waals surface area (Å²) in [6.07, 6.45) is 4.32. The summed E-state index contributed by atoms with van der Waals surface area (Å²) < 4.78 is 4.86. The number of furan rings is 1. The van der Waals surface area contributed by atoms with Crippen LogP contribution in [0.2, 0.25) is 0 Å². The van der Waals surface area contributed by atoms with Gasteiger partial charge in [0, 0.05) is 6.42 Å². The molecule has 5 heteroatoms. The molecule has 0 spiro atoms. The maximum Gasteiger partial charge on any atom is 0.326 e. The van der Waals surface area contributed by atoms with E-state index >= 15 is 0 Å². The van der Waals surface area contributed by atoms with Crippen LogP contribution in [0.15, 0.2) is 23.0 Å². The predicted molar refractivity (Wildman–Crippen MR) is 56.9 cm³/mol. The Kier molecular flexibility index (Phi) is 4.57. The summed E-state index contributed by atoms with van der Waals surface area (Å²) in [5, 5.41) is 11.2. The number of rotatable bonds is 6. The normalized spacial score (nSPS) is 12.1. The number of aliphatic carboxylic acids is 1. The minimum Gasteiger partial charge on any atom is -0.480 e. The van der Waals surface area contributed by atoms with Crippen molar-refractivity contribution in [1.82, 2.24) is 5.32 Å². The fourth-order valence-corrected chi connectivity index (χ4v) is 1.30. The Balaban J connectivity index is 2.33. The highest BCUT2D eigenvalue weighted by molar-refractivity contribution is 5.83. The van der Waals surface area contributed by atoms with Crippen LogP contribution in [-0.2, 0) is 16.0 Å². The molecular formula is C11H15NO4. The Bertz CT molecular complexity index is 345. The molecule has 5 nitrogen and oxygen atoms in total. The van der Waals surface area contributed by atoms with Crippen LogP contribution in [-0.4, -0.2) is 23.0 Å². The molecule has 16 heavy (non-hydrogen) atoms. The van der Waals surface area contributed by atoms with Crippen LogP contribution in [0, 0.1) is 0 Å². The molecule has 0 saturated heterocycles. The molecule has 1 rings (SSSR count). The van der Waals surface area contributed by atoms with Crippen molar-refractivity contribution in [2.75, 3.05) is 0 Å². The molecule has 1 atom stereocenters. The van der Waals surface area contributed by atoms with Crippen molar-refractivity contribution in [3.63, 3.8) is 0 Å². The van der Waals surface area contributed by atoms with Crippen molar-refractivity contribution in [1.29, 1.82) is 0 Å². The molecule has 1 aromatic rings. The number of hydrogen-bond donors (Lipinski definition) is 2. The zero-order valence-corrected chi connectivity index (χ0v) is 9.10. The molecule has 1 unspecified atom stereocenters. The van der Waals surface area contributed by atoms with Crippen molar-refractivity contribution in [3.8, 4) is 0 Å². The fraction of sp³-hybridized carbons (Fsp3) is 0.455. The molecule has 2 N–H and O–H groups in total. The van der Waals surface area contributed by atoms with Gasteiger partial charge < -0.3 is 14.8 Å². The molecule has 1 amide bonds. The number of carboxylic acids is 1. The first-order chi connectivity index (χ1) is 7.63. The average Bonchev–Trinajstić information content (AvgIpc) is 2.75. The van der Waals surface area contributed by atoms with Crippen LogP contribution >= 0.6 is 0 Å². The standard InChI is InChI=1S/C11H15NO4/c1-2-9(11(14)15)12-10(13)4-3-8-5-6-16-7-8/h5-7,9H,2-4H2,1H3,(H,12,13)(H,14,15). The van der Waals surface area contributed by atoms with Crippen LogP contribution in [0.5, 0.6) is 0 Å². The maximum atomic E-state index is 11.4. The van der Waals surface area contributed by atoms with Gasteiger partial charge in [-0.3, -0.25) is 4.79 Å². The van der Waals surface area contributed by atoms with E-state index in [1.165, 1.54) is 0 Å². The average molecular weight is 225 g/mol. The molecule has 0 fully saturated rings. The zero-order chi connectivity index (χ0) is 12.0. The van der Waals surface area contributed by atoms with Gasteiger partial charge in [-0.15, -0.1) is 0 Å². The molecule has 1 aromatic heterocycles. The van der Waals surface area contributed by atoms with Crippen LogP contribution < -0.4 is 5.32 Å².